The number of aliphatic carboxylic acids is 1. The van der Waals surface area contributed by atoms with Crippen molar-refractivity contribution in [1.82, 2.24) is 15.4 Å². The first-order valence-electron chi connectivity index (χ1n) is 20.8. The number of hydrogen-bond donors (Lipinski definition) is 6. The molecule has 0 bridgehead atoms. The monoisotopic (exact) mass is 863 g/mol. The number of aliphatic imine (C=N–C) groups is 1. The van der Waals surface area contributed by atoms with Crippen molar-refractivity contribution in [3.8, 4) is 0 Å². The third-order valence-corrected chi connectivity index (χ3v) is 11.9. The summed E-state index contributed by atoms with van der Waals surface area (Å²) in [5, 5.41) is 14.1. The second-order valence-electron chi connectivity index (χ2n) is 15.2. The fourth-order valence-corrected chi connectivity index (χ4v) is 8.54. The van der Waals surface area contributed by atoms with E-state index in [1.807, 2.05) is 25.1 Å². The molecule has 8 N–H and O–H groups in total. The van der Waals surface area contributed by atoms with Crippen LogP contribution < -0.4 is 31.7 Å². The third kappa shape index (κ3) is 19.6. The number of benzene rings is 2. The minimum Gasteiger partial charge on any atom is -0.481 e. The molecule has 17 heteroatoms. The molecular formula is C42H66ClN7O8S. The highest BCUT2D eigenvalue weighted by Gasteiger charge is 2.30. The highest BCUT2D eigenvalue weighted by Crippen LogP contribution is 2.30. The summed E-state index contributed by atoms with van der Waals surface area (Å²) in [5.74, 6) is -3.89. The lowest BCUT2D eigenvalue weighted by Crippen LogP contribution is -2.51. The number of carboxylic acid groups (broad SMARTS) is 1. The van der Waals surface area contributed by atoms with Crippen LogP contribution in [0.25, 0.3) is 10.8 Å². The number of nitrogens with two attached hydrogens (primary N) is 2. The molecule has 59 heavy (non-hydrogen) atoms. The molecule has 0 aromatic heterocycles. The molecule has 0 aliphatic carbocycles. The number of unbranched alkanes of at least 4 members (excludes halogenated alkanes) is 11. The molecule has 0 fully saturated rings. The number of fused-ring (bicyclic) bond motifs is 1. The lowest BCUT2D eigenvalue weighted by atomic mass is 9.99. The van der Waals surface area contributed by atoms with Crippen LogP contribution in [-0.4, -0.2) is 93.5 Å². The molecule has 0 spiro atoms. The Bertz CT molecular complexity index is 1800. The fourth-order valence-electron chi connectivity index (χ4n) is 6.76. The van der Waals surface area contributed by atoms with Gasteiger partial charge < -0.3 is 32.1 Å². The number of sulfonamides is 1. The van der Waals surface area contributed by atoms with E-state index in [1.54, 1.807) is 24.3 Å². The fraction of sp³-hybridized carbons (Fsp3) is 0.619. The van der Waals surface area contributed by atoms with Crippen LogP contribution in [0.15, 0.2) is 46.3 Å². The van der Waals surface area contributed by atoms with E-state index >= 15 is 0 Å². The van der Waals surface area contributed by atoms with Crippen molar-refractivity contribution in [2.24, 2.45) is 16.5 Å². The number of carbonyl (C=O) groups is 5. The van der Waals surface area contributed by atoms with Gasteiger partial charge in [-0.25, -0.2) is 8.42 Å². The van der Waals surface area contributed by atoms with Gasteiger partial charge in [-0.2, -0.15) is 4.72 Å². The Kier molecular flexibility index (Phi) is 23.7. The summed E-state index contributed by atoms with van der Waals surface area (Å²) in [4.78, 5) is 69.7. The van der Waals surface area contributed by atoms with E-state index in [1.165, 1.54) is 57.4 Å². The molecule has 0 heterocycles. The van der Waals surface area contributed by atoms with E-state index in [0.29, 0.717) is 23.6 Å². The second-order valence-corrected chi connectivity index (χ2v) is 17.4. The molecule has 1 unspecified atom stereocenters. The van der Waals surface area contributed by atoms with Crippen LogP contribution in [0.2, 0.25) is 0 Å². The molecule has 2 amide bonds. The van der Waals surface area contributed by atoms with Gasteiger partial charge in [-0.3, -0.25) is 29.0 Å². The van der Waals surface area contributed by atoms with Gasteiger partial charge in [0.05, 0.1) is 17.5 Å². The SMILES string of the molecule is CCCCCCCCCCCCCCC(=O)CC(Cl)C(=O)[C@H](CCCN=C(N)N)NC(=O)CNC(=O)[C@H](CCC(=O)O)NS(=O)(=O)c1cccc2c(N(C)C)cccc12. The maximum Gasteiger partial charge on any atom is 0.303 e. The Hall–Kier alpha value is -4.28. The molecule has 330 valence electrons. The number of rotatable bonds is 32. The van der Waals surface area contributed by atoms with E-state index in [4.69, 9.17) is 23.1 Å². The van der Waals surface area contributed by atoms with E-state index < -0.39 is 70.4 Å². The van der Waals surface area contributed by atoms with Crippen molar-refractivity contribution < 1.29 is 37.5 Å². The number of anilines is 1. The van der Waals surface area contributed by atoms with Gasteiger partial charge in [0.15, 0.2) is 11.7 Å². The quantitative estimate of drug-likeness (QED) is 0.0239. The maximum atomic E-state index is 13.7. The van der Waals surface area contributed by atoms with Gasteiger partial charge >= 0.3 is 5.97 Å². The van der Waals surface area contributed by atoms with Gasteiger partial charge in [0.1, 0.15) is 17.2 Å². The number of hydrogen-bond acceptors (Lipinski definition) is 9. The molecule has 2 rings (SSSR count). The highest BCUT2D eigenvalue weighted by atomic mass is 35.5. The molecule has 3 atom stereocenters. The van der Waals surface area contributed by atoms with Crippen molar-refractivity contribution in [1.29, 1.82) is 0 Å². The minimum atomic E-state index is -4.38. The number of nitrogens with one attached hydrogen (secondary N) is 3. The summed E-state index contributed by atoms with van der Waals surface area (Å²) in [6, 6.07) is 7.17. The summed E-state index contributed by atoms with van der Waals surface area (Å²) in [6.07, 6.45) is 13.4. The van der Waals surface area contributed by atoms with Gasteiger partial charge in [-0.05, 0) is 37.8 Å². The molecule has 0 aliphatic heterocycles. The minimum absolute atomic E-state index is 0.0764. The number of carbonyl (C=O) groups excluding carboxylic acids is 4. The first-order chi connectivity index (χ1) is 28.1. The largest absolute Gasteiger partial charge is 0.481 e. The number of alkyl halides is 1. The number of carboxylic acids is 1. The Morgan fingerprint density at radius 3 is 1.98 bits per heavy atom. The second kappa shape index (κ2) is 27.5. The molecule has 15 nitrogen and oxygen atoms in total. The van der Waals surface area contributed by atoms with E-state index in [2.05, 4.69) is 27.3 Å². The summed E-state index contributed by atoms with van der Waals surface area (Å²) >= 11 is 6.45. The number of amides is 2. The Labute approximate surface area is 354 Å². The number of nitrogens with zero attached hydrogens (tertiary/aromatic N) is 2. The first-order valence-corrected chi connectivity index (χ1v) is 22.7. The van der Waals surface area contributed by atoms with Crippen molar-refractivity contribution in [2.45, 2.75) is 145 Å². The van der Waals surface area contributed by atoms with Crippen molar-refractivity contribution in [3.05, 3.63) is 36.4 Å². The Morgan fingerprint density at radius 2 is 1.39 bits per heavy atom. The van der Waals surface area contributed by atoms with Crippen LogP contribution in [-0.2, 0) is 34.0 Å². The number of halogens is 1. The summed E-state index contributed by atoms with van der Waals surface area (Å²) < 4.78 is 29.7. The van der Waals surface area contributed by atoms with Crippen LogP contribution in [0.1, 0.15) is 122 Å². The predicted octanol–water partition coefficient (Wildman–Crippen LogP) is 5.30. The van der Waals surface area contributed by atoms with Gasteiger partial charge in [0, 0.05) is 56.4 Å². The Morgan fingerprint density at radius 1 is 0.797 bits per heavy atom. The summed E-state index contributed by atoms with van der Waals surface area (Å²) in [6.45, 7) is 1.70. The molecule has 0 radical (unpaired) electrons. The number of Topliss-reactive ketones (excluding diaryl/α,β-unsaturated/α-hetero) is 2. The van der Waals surface area contributed by atoms with Crippen molar-refractivity contribution in [3.63, 3.8) is 0 Å². The average molecular weight is 865 g/mol. The standard InChI is InChI=1S/C42H66ClN7O8S/c1-4-5-6-7-8-9-10-11-12-13-14-15-19-30(51)28-33(43)40(55)34(22-18-27-46-42(44)45)48-38(52)29-47-41(56)35(25-26-39(53)54)49-59(57,58)37-24-17-20-31-32(37)21-16-23-36(31)50(2)3/h16-17,20-21,23-24,33-35,49H,4-15,18-19,22,25-29H2,1-3H3,(H,47,56)(H,48,52)(H,53,54)(H4,44,45,46)/t33?,34-,35-/m0/s1. The molecule has 2 aromatic rings. The highest BCUT2D eigenvalue weighted by molar-refractivity contribution is 7.89. The van der Waals surface area contributed by atoms with Gasteiger partial charge in [0.25, 0.3) is 0 Å². The lowest BCUT2D eigenvalue weighted by Gasteiger charge is -2.22. The zero-order chi connectivity index (χ0) is 43.8. The molecule has 0 aliphatic rings. The molecular weight excluding hydrogens is 798 g/mol. The molecule has 0 saturated heterocycles. The lowest BCUT2D eigenvalue weighted by molar-refractivity contribution is -0.137. The number of ketones is 2. The summed E-state index contributed by atoms with van der Waals surface area (Å²) in [5.41, 5.74) is 11.6. The van der Waals surface area contributed by atoms with Crippen molar-refractivity contribution in [2.75, 3.05) is 32.1 Å². The third-order valence-electron chi connectivity index (χ3n) is 9.96. The molecule has 2 aromatic carbocycles. The Balaban J connectivity index is 2.01. The van der Waals surface area contributed by atoms with E-state index in [0.717, 1.165) is 24.9 Å². The van der Waals surface area contributed by atoms with E-state index in [-0.39, 0.29) is 42.4 Å². The predicted molar refractivity (Wildman–Crippen MR) is 234 cm³/mol. The topological polar surface area (TPSA) is 243 Å². The molecule has 0 saturated carbocycles. The van der Waals surface area contributed by atoms with Gasteiger partial charge in [-0.1, -0.05) is 102 Å². The van der Waals surface area contributed by atoms with Crippen LogP contribution in [0.3, 0.4) is 0 Å². The van der Waals surface area contributed by atoms with Crippen molar-refractivity contribution >= 4 is 73.4 Å². The maximum absolute atomic E-state index is 13.7. The smallest absolute Gasteiger partial charge is 0.303 e. The van der Waals surface area contributed by atoms with Gasteiger partial charge in [-0.15, -0.1) is 11.6 Å². The van der Waals surface area contributed by atoms with Crippen LogP contribution in [0, 0.1) is 0 Å². The van der Waals surface area contributed by atoms with E-state index in [9.17, 15) is 37.5 Å². The van der Waals surface area contributed by atoms with Crippen LogP contribution in [0.5, 0.6) is 0 Å². The number of guanidine groups is 1. The van der Waals surface area contributed by atoms with Gasteiger partial charge in [0.2, 0.25) is 21.8 Å². The summed E-state index contributed by atoms with van der Waals surface area (Å²) in [7, 11) is -0.749. The van der Waals surface area contributed by atoms with Crippen LogP contribution >= 0.6 is 11.6 Å². The average Bonchev–Trinajstić information content (AvgIpc) is 3.18. The zero-order valence-electron chi connectivity index (χ0n) is 35.0. The van der Waals surface area contributed by atoms with Crippen LogP contribution in [0.4, 0.5) is 5.69 Å². The first kappa shape index (κ1) is 50.9. The zero-order valence-corrected chi connectivity index (χ0v) is 36.6. The normalized spacial score (nSPS) is 12.9.